The van der Waals surface area contributed by atoms with Crippen LogP contribution in [0.25, 0.3) is 11.1 Å². The fourth-order valence-electron chi connectivity index (χ4n) is 2.83. The lowest BCUT2D eigenvalue weighted by molar-refractivity contribution is 0.0917. The molecule has 3 rings (SSSR count). The first-order chi connectivity index (χ1) is 14.7. The van der Waals surface area contributed by atoms with Crippen molar-refractivity contribution in [3.8, 4) is 22.6 Å². The maximum Gasteiger partial charge on any atom is 0.253 e. The molecule has 10 heteroatoms. The van der Waals surface area contributed by atoms with Crippen molar-refractivity contribution in [2.45, 2.75) is 4.90 Å². The Kier molecular flexibility index (Phi) is 6.23. The number of amides is 1. The van der Waals surface area contributed by atoms with Crippen LogP contribution in [0, 0.1) is 5.41 Å². The molecule has 0 fully saturated rings. The van der Waals surface area contributed by atoms with Crippen LogP contribution in [0.2, 0.25) is 0 Å². The molecular formula is C21H20N4O5S. The van der Waals surface area contributed by atoms with Crippen molar-refractivity contribution in [3.63, 3.8) is 0 Å². The zero-order valence-corrected chi connectivity index (χ0v) is 17.0. The number of rotatable bonds is 7. The number of benzene rings is 3. The SMILES string of the molecule is N=C(N)c1ccc(O)c(OCNC(=O)c2ccc(-c3ccccc3S(N)(=O)=O)cc2)c1. The van der Waals surface area contributed by atoms with E-state index in [1.807, 2.05) is 0 Å². The average Bonchev–Trinajstić information content (AvgIpc) is 2.74. The Balaban J connectivity index is 1.68. The normalized spacial score (nSPS) is 11.0. The van der Waals surface area contributed by atoms with Crippen LogP contribution in [0.5, 0.6) is 11.5 Å². The van der Waals surface area contributed by atoms with Gasteiger partial charge in [-0.1, -0.05) is 30.3 Å². The summed E-state index contributed by atoms with van der Waals surface area (Å²) in [5.41, 5.74) is 7.12. The molecule has 0 atom stereocenters. The summed E-state index contributed by atoms with van der Waals surface area (Å²) in [6, 6.07) is 16.8. The molecule has 0 unspecified atom stereocenters. The maximum atomic E-state index is 12.3. The van der Waals surface area contributed by atoms with Gasteiger partial charge < -0.3 is 20.9 Å². The highest BCUT2D eigenvalue weighted by Crippen LogP contribution is 2.27. The number of hydrogen-bond acceptors (Lipinski definition) is 6. The third-order valence-corrected chi connectivity index (χ3v) is 5.35. The van der Waals surface area contributed by atoms with Crippen LogP contribution in [0.15, 0.2) is 71.6 Å². The first-order valence-corrected chi connectivity index (χ1v) is 10.5. The highest BCUT2D eigenvalue weighted by Gasteiger charge is 2.15. The molecule has 0 aliphatic rings. The smallest absolute Gasteiger partial charge is 0.253 e. The van der Waals surface area contributed by atoms with Gasteiger partial charge in [-0.15, -0.1) is 0 Å². The van der Waals surface area contributed by atoms with Gasteiger partial charge in [-0.2, -0.15) is 0 Å². The standard InChI is InChI=1S/C21H20N4O5S/c22-20(23)15-9-10-17(26)18(11-15)30-12-25-21(27)14-7-5-13(6-8-14)16-3-1-2-4-19(16)31(24,28)29/h1-11,26H,12H2,(H3,22,23)(H,25,27)(H2,24,28,29). The molecule has 1 amide bonds. The lowest BCUT2D eigenvalue weighted by Crippen LogP contribution is -2.27. The van der Waals surface area contributed by atoms with E-state index in [1.54, 1.807) is 42.5 Å². The van der Waals surface area contributed by atoms with E-state index in [0.717, 1.165) is 0 Å². The lowest BCUT2D eigenvalue weighted by Gasteiger charge is -2.11. The minimum atomic E-state index is -3.90. The van der Waals surface area contributed by atoms with E-state index in [1.165, 1.54) is 24.3 Å². The molecule has 0 bridgehead atoms. The number of aromatic hydroxyl groups is 1. The predicted octanol–water partition coefficient (Wildman–Crippen LogP) is 1.76. The summed E-state index contributed by atoms with van der Waals surface area (Å²) in [6.07, 6.45) is 0. The number of carbonyl (C=O) groups is 1. The average molecular weight is 440 g/mol. The zero-order valence-electron chi connectivity index (χ0n) is 16.2. The summed E-state index contributed by atoms with van der Waals surface area (Å²) >= 11 is 0. The molecule has 31 heavy (non-hydrogen) atoms. The van der Waals surface area contributed by atoms with Crippen LogP contribution in [0.3, 0.4) is 0 Å². The number of primary sulfonamides is 1. The van der Waals surface area contributed by atoms with Crippen molar-refractivity contribution >= 4 is 21.8 Å². The molecule has 0 aromatic heterocycles. The molecular weight excluding hydrogens is 420 g/mol. The van der Waals surface area contributed by atoms with Crippen molar-refractivity contribution < 1.29 is 23.1 Å². The molecule has 9 nitrogen and oxygen atoms in total. The molecule has 0 heterocycles. The van der Waals surface area contributed by atoms with Gasteiger partial charge >= 0.3 is 0 Å². The summed E-state index contributed by atoms with van der Waals surface area (Å²) in [7, 11) is -3.90. The molecule has 0 saturated carbocycles. The van der Waals surface area contributed by atoms with Gasteiger partial charge in [-0.3, -0.25) is 10.2 Å². The van der Waals surface area contributed by atoms with Crippen molar-refractivity contribution in [1.82, 2.24) is 5.32 Å². The van der Waals surface area contributed by atoms with Crippen molar-refractivity contribution in [2.75, 3.05) is 6.73 Å². The molecule has 0 spiro atoms. The third-order valence-electron chi connectivity index (χ3n) is 4.38. The molecule has 160 valence electrons. The molecule has 0 saturated heterocycles. The topological polar surface area (TPSA) is 169 Å². The Morgan fingerprint density at radius 3 is 2.32 bits per heavy atom. The summed E-state index contributed by atoms with van der Waals surface area (Å²) in [4.78, 5) is 12.3. The van der Waals surface area contributed by atoms with Gasteiger partial charge in [0.15, 0.2) is 18.2 Å². The van der Waals surface area contributed by atoms with E-state index in [2.05, 4.69) is 5.32 Å². The maximum absolute atomic E-state index is 12.3. The summed E-state index contributed by atoms with van der Waals surface area (Å²) in [5.74, 6) is -0.702. The minimum Gasteiger partial charge on any atom is -0.504 e. The number of amidine groups is 1. The van der Waals surface area contributed by atoms with Gasteiger partial charge in [0.2, 0.25) is 10.0 Å². The van der Waals surface area contributed by atoms with Gasteiger partial charge in [0.05, 0.1) is 4.90 Å². The van der Waals surface area contributed by atoms with E-state index in [4.69, 9.17) is 21.0 Å². The zero-order chi connectivity index (χ0) is 22.6. The Morgan fingerprint density at radius 1 is 1.03 bits per heavy atom. The number of ether oxygens (including phenoxy) is 1. The molecule has 7 N–H and O–H groups in total. The second-order valence-corrected chi connectivity index (χ2v) is 8.04. The second-order valence-electron chi connectivity index (χ2n) is 6.51. The van der Waals surface area contributed by atoms with E-state index in [9.17, 15) is 18.3 Å². The van der Waals surface area contributed by atoms with Crippen LogP contribution in [-0.2, 0) is 10.0 Å². The van der Waals surface area contributed by atoms with Gasteiger partial charge in [-0.05, 0) is 42.0 Å². The van der Waals surface area contributed by atoms with Gasteiger partial charge in [-0.25, -0.2) is 13.6 Å². The van der Waals surface area contributed by atoms with Gasteiger partial charge in [0, 0.05) is 16.7 Å². The third kappa shape index (κ3) is 5.18. The Morgan fingerprint density at radius 2 is 1.68 bits per heavy atom. The monoisotopic (exact) mass is 440 g/mol. The Bertz CT molecular complexity index is 1240. The first-order valence-electron chi connectivity index (χ1n) is 8.97. The molecule has 3 aromatic carbocycles. The van der Waals surface area contributed by atoms with Crippen LogP contribution in [-0.4, -0.2) is 32.0 Å². The van der Waals surface area contributed by atoms with Gasteiger partial charge in [0.25, 0.3) is 5.91 Å². The van der Waals surface area contributed by atoms with E-state index >= 15 is 0 Å². The van der Waals surface area contributed by atoms with Gasteiger partial charge in [0.1, 0.15) is 5.84 Å². The van der Waals surface area contributed by atoms with E-state index in [-0.39, 0.29) is 29.0 Å². The second kappa shape index (κ2) is 8.86. The highest BCUT2D eigenvalue weighted by atomic mass is 32.2. The number of phenols is 1. The largest absolute Gasteiger partial charge is 0.504 e. The fraction of sp³-hybridized carbons (Fsp3) is 0.0476. The quantitative estimate of drug-likeness (QED) is 0.213. The molecule has 0 radical (unpaired) electrons. The summed E-state index contributed by atoms with van der Waals surface area (Å²) in [5, 5.41) is 25.0. The number of carbonyl (C=O) groups excluding carboxylic acids is 1. The number of nitrogens with two attached hydrogens (primary N) is 2. The molecule has 0 aliphatic carbocycles. The van der Waals surface area contributed by atoms with Crippen molar-refractivity contribution in [1.29, 1.82) is 5.41 Å². The highest BCUT2D eigenvalue weighted by molar-refractivity contribution is 7.89. The molecule has 3 aromatic rings. The minimum absolute atomic E-state index is 0.00630. The van der Waals surface area contributed by atoms with Crippen LogP contribution < -0.4 is 20.9 Å². The number of nitrogens with one attached hydrogen (secondary N) is 2. The van der Waals surface area contributed by atoms with Crippen molar-refractivity contribution in [3.05, 3.63) is 77.9 Å². The number of nitrogen functional groups attached to an aromatic ring is 1. The van der Waals surface area contributed by atoms with E-state index < -0.39 is 15.9 Å². The summed E-state index contributed by atoms with van der Waals surface area (Å²) in [6.45, 7) is -0.232. The number of hydrogen-bond donors (Lipinski definition) is 5. The predicted molar refractivity (Wildman–Crippen MR) is 115 cm³/mol. The fourth-order valence-corrected chi connectivity index (χ4v) is 3.59. The van der Waals surface area contributed by atoms with Crippen LogP contribution in [0.1, 0.15) is 15.9 Å². The van der Waals surface area contributed by atoms with Crippen LogP contribution >= 0.6 is 0 Å². The van der Waals surface area contributed by atoms with Crippen molar-refractivity contribution in [2.24, 2.45) is 10.9 Å². The molecule has 0 aliphatic heterocycles. The van der Waals surface area contributed by atoms with E-state index in [0.29, 0.717) is 22.3 Å². The number of sulfonamides is 1. The Hall–Kier alpha value is -3.89. The number of phenolic OH excluding ortho intramolecular Hbond substituents is 1. The first kappa shape index (κ1) is 21.8. The lowest BCUT2D eigenvalue weighted by atomic mass is 10.0. The Labute approximate surface area is 178 Å². The summed E-state index contributed by atoms with van der Waals surface area (Å²) < 4.78 is 28.9. The van der Waals surface area contributed by atoms with Crippen LogP contribution in [0.4, 0.5) is 0 Å².